The molecular weight excluding hydrogens is 396 g/mol. The molecule has 21 heavy (non-hydrogen) atoms. The maximum Gasteiger partial charge on any atom is 0.171 e. The summed E-state index contributed by atoms with van der Waals surface area (Å²) < 4.78 is 7.44. The summed E-state index contributed by atoms with van der Waals surface area (Å²) in [5.41, 5.74) is 2.80. The fourth-order valence-corrected chi connectivity index (χ4v) is 3.63. The fraction of sp³-hybridized carbons (Fsp3) is 0.235. The average Bonchev–Trinajstić information content (AvgIpc) is 2.49. The molecule has 2 nitrogen and oxygen atoms in total. The van der Waals surface area contributed by atoms with Gasteiger partial charge in [0.1, 0.15) is 5.75 Å². The number of halogens is 2. The van der Waals surface area contributed by atoms with Crippen LogP contribution in [0.3, 0.4) is 0 Å². The van der Waals surface area contributed by atoms with Crippen LogP contribution in [0, 0.1) is 6.92 Å². The van der Waals surface area contributed by atoms with Crippen molar-refractivity contribution in [3.8, 4) is 5.75 Å². The molecular formula is C17H14Br2O2. The molecule has 0 aromatic heterocycles. The van der Waals surface area contributed by atoms with Crippen molar-refractivity contribution in [1.82, 2.24) is 0 Å². The van der Waals surface area contributed by atoms with Crippen LogP contribution in [0.1, 0.15) is 33.8 Å². The van der Waals surface area contributed by atoms with Crippen LogP contribution in [0.5, 0.6) is 5.75 Å². The maximum atomic E-state index is 12.9. The number of carbonyl (C=O) groups excluding carboxylic acids is 1. The van der Waals surface area contributed by atoms with Gasteiger partial charge in [0, 0.05) is 20.1 Å². The molecule has 0 N–H and O–H groups in total. The lowest BCUT2D eigenvalue weighted by Crippen LogP contribution is -2.21. The number of hydrogen-bond donors (Lipinski definition) is 0. The minimum absolute atomic E-state index is 0.137. The fourth-order valence-electron chi connectivity index (χ4n) is 2.64. The Morgan fingerprint density at radius 1 is 1.19 bits per heavy atom. The van der Waals surface area contributed by atoms with E-state index in [0.717, 1.165) is 25.8 Å². The number of benzene rings is 2. The largest absolute Gasteiger partial charge is 0.493 e. The van der Waals surface area contributed by atoms with Crippen molar-refractivity contribution in [3.05, 3.63) is 62.0 Å². The Morgan fingerprint density at radius 2 is 1.95 bits per heavy atom. The van der Waals surface area contributed by atoms with Gasteiger partial charge in [-0.15, -0.1) is 0 Å². The number of Topliss-reactive ketones (excluding diaryl/α,β-unsaturated/α-hetero) is 1. The van der Waals surface area contributed by atoms with E-state index in [1.54, 1.807) is 0 Å². The van der Waals surface area contributed by atoms with Gasteiger partial charge in [-0.2, -0.15) is 0 Å². The van der Waals surface area contributed by atoms with Crippen molar-refractivity contribution in [1.29, 1.82) is 0 Å². The number of ketones is 1. The quantitative estimate of drug-likeness (QED) is 0.631. The molecule has 1 heterocycles. The van der Waals surface area contributed by atoms with E-state index in [0.29, 0.717) is 18.6 Å². The first-order valence-electron chi connectivity index (χ1n) is 6.79. The zero-order valence-electron chi connectivity index (χ0n) is 11.5. The Labute approximate surface area is 140 Å². The van der Waals surface area contributed by atoms with Gasteiger partial charge in [-0.05, 0) is 37.1 Å². The Kier molecular flexibility index (Phi) is 4.18. The molecule has 0 saturated heterocycles. The van der Waals surface area contributed by atoms with E-state index in [-0.39, 0.29) is 11.7 Å². The Hall–Kier alpha value is -1.13. The summed E-state index contributed by atoms with van der Waals surface area (Å²) in [5, 5.41) is 0. The monoisotopic (exact) mass is 408 g/mol. The van der Waals surface area contributed by atoms with E-state index in [4.69, 9.17) is 4.74 Å². The second-order valence-corrected chi connectivity index (χ2v) is 6.88. The predicted octanol–water partition coefficient (Wildman–Crippen LogP) is 5.27. The average molecular weight is 410 g/mol. The summed E-state index contributed by atoms with van der Waals surface area (Å²) in [5.74, 6) is 0.823. The van der Waals surface area contributed by atoms with Crippen LogP contribution >= 0.6 is 31.9 Å². The highest BCUT2D eigenvalue weighted by atomic mass is 79.9. The SMILES string of the molecule is Cc1cc(Br)c(C(=O)C2CCOc3ccccc32)cc1Br. The molecule has 0 amide bonds. The van der Waals surface area contributed by atoms with E-state index >= 15 is 0 Å². The summed E-state index contributed by atoms with van der Waals surface area (Å²) >= 11 is 7.02. The lowest BCUT2D eigenvalue weighted by atomic mass is 9.86. The summed E-state index contributed by atoms with van der Waals surface area (Å²) in [6, 6.07) is 11.7. The van der Waals surface area contributed by atoms with Crippen LogP contribution in [-0.4, -0.2) is 12.4 Å². The summed E-state index contributed by atoms with van der Waals surface area (Å²) in [6.07, 6.45) is 0.716. The van der Waals surface area contributed by atoms with Gasteiger partial charge in [-0.25, -0.2) is 0 Å². The third-order valence-corrected chi connectivity index (χ3v) is 5.30. The third kappa shape index (κ3) is 2.79. The highest BCUT2D eigenvalue weighted by molar-refractivity contribution is 9.11. The van der Waals surface area contributed by atoms with Crippen molar-refractivity contribution >= 4 is 37.6 Å². The number of ether oxygens (including phenoxy) is 1. The topological polar surface area (TPSA) is 26.3 Å². The molecule has 0 saturated carbocycles. The standard InChI is InChI=1S/C17H14Br2O2/c1-10-8-15(19)13(9-14(10)18)17(20)12-6-7-21-16-5-3-2-4-11(12)16/h2-5,8-9,12H,6-7H2,1H3. The second kappa shape index (κ2) is 5.93. The molecule has 2 aromatic carbocycles. The highest BCUT2D eigenvalue weighted by Gasteiger charge is 2.29. The van der Waals surface area contributed by atoms with Gasteiger partial charge >= 0.3 is 0 Å². The molecule has 0 fully saturated rings. The molecule has 4 heteroatoms. The zero-order chi connectivity index (χ0) is 15.0. The van der Waals surface area contributed by atoms with Gasteiger partial charge in [0.15, 0.2) is 5.78 Å². The van der Waals surface area contributed by atoms with E-state index < -0.39 is 0 Å². The predicted molar refractivity (Wildman–Crippen MR) is 90.2 cm³/mol. The number of aryl methyl sites for hydroxylation is 1. The van der Waals surface area contributed by atoms with Crippen molar-refractivity contribution in [3.63, 3.8) is 0 Å². The Balaban J connectivity index is 2.03. The van der Waals surface area contributed by atoms with E-state index in [1.165, 1.54) is 0 Å². The van der Waals surface area contributed by atoms with E-state index in [2.05, 4.69) is 31.9 Å². The van der Waals surface area contributed by atoms with Crippen LogP contribution in [0.2, 0.25) is 0 Å². The van der Waals surface area contributed by atoms with Gasteiger partial charge in [0.2, 0.25) is 0 Å². The number of fused-ring (bicyclic) bond motifs is 1. The molecule has 1 aliphatic heterocycles. The van der Waals surface area contributed by atoms with Crippen molar-refractivity contribution < 1.29 is 9.53 Å². The zero-order valence-corrected chi connectivity index (χ0v) is 14.7. The van der Waals surface area contributed by atoms with Gasteiger partial charge < -0.3 is 4.74 Å². The molecule has 0 radical (unpaired) electrons. The molecule has 108 valence electrons. The first kappa shape index (κ1) is 14.8. The summed E-state index contributed by atoms with van der Waals surface area (Å²) in [7, 11) is 0. The number of hydrogen-bond acceptors (Lipinski definition) is 2. The number of carbonyl (C=O) groups is 1. The lowest BCUT2D eigenvalue weighted by molar-refractivity contribution is 0.0932. The normalized spacial score (nSPS) is 17.0. The molecule has 0 spiro atoms. The molecule has 0 bridgehead atoms. The second-order valence-electron chi connectivity index (χ2n) is 5.17. The van der Waals surface area contributed by atoms with Gasteiger partial charge in [-0.1, -0.05) is 50.1 Å². The van der Waals surface area contributed by atoms with Crippen molar-refractivity contribution in [2.75, 3.05) is 6.61 Å². The molecule has 2 aromatic rings. The molecule has 3 rings (SSSR count). The number of para-hydroxylation sites is 1. The molecule has 1 aliphatic rings. The first-order chi connectivity index (χ1) is 10.1. The molecule has 1 atom stereocenters. The van der Waals surface area contributed by atoms with E-state index in [9.17, 15) is 4.79 Å². The van der Waals surface area contributed by atoms with Gasteiger partial charge in [-0.3, -0.25) is 4.79 Å². The molecule has 1 unspecified atom stereocenters. The number of rotatable bonds is 2. The van der Waals surface area contributed by atoms with Crippen LogP contribution in [-0.2, 0) is 0 Å². The van der Waals surface area contributed by atoms with Crippen molar-refractivity contribution in [2.24, 2.45) is 0 Å². The maximum absolute atomic E-state index is 12.9. The van der Waals surface area contributed by atoms with Crippen LogP contribution in [0.4, 0.5) is 0 Å². The van der Waals surface area contributed by atoms with Gasteiger partial charge in [0.25, 0.3) is 0 Å². The van der Waals surface area contributed by atoms with E-state index in [1.807, 2.05) is 43.3 Å². The first-order valence-corrected chi connectivity index (χ1v) is 8.38. The van der Waals surface area contributed by atoms with Gasteiger partial charge in [0.05, 0.1) is 12.5 Å². The molecule has 0 aliphatic carbocycles. The third-order valence-electron chi connectivity index (χ3n) is 3.79. The Morgan fingerprint density at radius 3 is 2.76 bits per heavy atom. The highest BCUT2D eigenvalue weighted by Crippen LogP contribution is 2.37. The van der Waals surface area contributed by atoms with Crippen LogP contribution in [0.15, 0.2) is 45.3 Å². The van der Waals surface area contributed by atoms with Crippen molar-refractivity contribution in [2.45, 2.75) is 19.3 Å². The van der Waals surface area contributed by atoms with Crippen LogP contribution < -0.4 is 4.74 Å². The smallest absolute Gasteiger partial charge is 0.171 e. The lowest BCUT2D eigenvalue weighted by Gasteiger charge is -2.25. The van der Waals surface area contributed by atoms with Crippen LogP contribution in [0.25, 0.3) is 0 Å². The minimum atomic E-state index is -0.138. The Bertz CT molecular complexity index is 710. The summed E-state index contributed by atoms with van der Waals surface area (Å²) in [6.45, 7) is 2.59. The summed E-state index contributed by atoms with van der Waals surface area (Å²) in [4.78, 5) is 12.9. The minimum Gasteiger partial charge on any atom is -0.493 e.